The maximum absolute atomic E-state index is 11.7. The minimum atomic E-state index is -0.661. The van der Waals surface area contributed by atoms with Gasteiger partial charge in [0.15, 0.2) is 0 Å². The SMILES string of the molecule is CCOC(=O)c1cc(-c2ccc(OC)cc2)n[nH]c1=O. The fourth-order valence-corrected chi connectivity index (χ4v) is 1.68. The van der Waals surface area contributed by atoms with Gasteiger partial charge in [-0.3, -0.25) is 4.79 Å². The standard InChI is InChI=1S/C14H14N2O4/c1-3-20-14(18)11-8-12(15-16-13(11)17)9-4-6-10(19-2)7-5-9/h4-8H,3H2,1-2H3,(H,16,17). The number of aromatic amines is 1. The van der Waals surface area contributed by atoms with Crippen LogP contribution >= 0.6 is 0 Å². The van der Waals surface area contributed by atoms with Gasteiger partial charge in [0, 0.05) is 5.56 Å². The molecule has 0 saturated heterocycles. The molecule has 0 saturated carbocycles. The van der Waals surface area contributed by atoms with Crippen molar-refractivity contribution in [3.05, 3.63) is 46.2 Å². The molecular formula is C14H14N2O4. The number of benzene rings is 1. The smallest absolute Gasteiger partial charge is 0.343 e. The highest BCUT2D eigenvalue weighted by atomic mass is 16.5. The first-order valence-corrected chi connectivity index (χ1v) is 6.07. The largest absolute Gasteiger partial charge is 0.497 e. The molecule has 104 valence electrons. The first-order valence-electron chi connectivity index (χ1n) is 6.07. The lowest BCUT2D eigenvalue weighted by Gasteiger charge is -2.05. The molecule has 0 atom stereocenters. The van der Waals surface area contributed by atoms with Crippen molar-refractivity contribution >= 4 is 5.97 Å². The molecule has 0 aliphatic rings. The molecule has 0 bridgehead atoms. The molecule has 1 aromatic heterocycles. The van der Waals surface area contributed by atoms with Crippen molar-refractivity contribution in [2.75, 3.05) is 13.7 Å². The highest BCUT2D eigenvalue weighted by molar-refractivity contribution is 5.90. The summed E-state index contributed by atoms with van der Waals surface area (Å²) in [4.78, 5) is 23.2. The number of methoxy groups -OCH3 is 1. The van der Waals surface area contributed by atoms with Crippen LogP contribution in [0.5, 0.6) is 5.75 Å². The van der Waals surface area contributed by atoms with E-state index in [0.717, 1.165) is 5.56 Å². The van der Waals surface area contributed by atoms with Crippen LogP contribution in [-0.4, -0.2) is 29.9 Å². The summed E-state index contributed by atoms with van der Waals surface area (Å²) < 4.78 is 9.90. The summed E-state index contributed by atoms with van der Waals surface area (Å²) in [6.07, 6.45) is 0. The van der Waals surface area contributed by atoms with Gasteiger partial charge in [0.2, 0.25) is 0 Å². The number of H-pyrrole nitrogens is 1. The zero-order valence-electron chi connectivity index (χ0n) is 11.2. The molecular weight excluding hydrogens is 260 g/mol. The zero-order chi connectivity index (χ0) is 14.5. The number of rotatable bonds is 4. The quantitative estimate of drug-likeness (QED) is 0.857. The second-order valence-corrected chi connectivity index (χ2v) is 3.94. The van der Waals surface area contributed by atoms with E-state index >= 15 is 0 Å². The van der Waals surface area contributed by atoms with Gasteiger partial charge in [0.05, 0.1) is 19.4 Å². The molecule has 20 heavy (non-hydrogen) atoms. The van der Waals surface area contributed by atoms with Crippen LogP contribution in [0.15, 0.2) is 35.1 Å². The second-order valence-electron chi connectivity index (χ2n) is 3.94. The molecule has 1 aromatic carbocycles. The summed E-state index contributed by atoms with van der Waals surface area (Å²) in [6, 6.07) is 8.53. The van der Waals surface area contributed by atoms with Gasteiger partial charge < -0.3 is 9.47 Å². The molecule has 0 spiro atoms. The van der Waals surface area contributed by atoms with Crippen LogP contribution in [0.25, 0.3) is 11.3 Å². The Balaban J connectivity index is 2.39. The predicted octanol–water partition coefficient (Wildman–Crippen LogP) is 1.62. The summed E-state index contributed by atoms with van der Waals surface area (Å²) in [5, 5.41) is 6.22. The Morgan fingerprint density at radius 3 is 2.60 bits per heavy atom. The first-order chi connectivity index (χ1) is 9.65. The van der Waals surface area contributed by atoms with Gasteiger partial charge in [0.25, 0.3) is 5.56 Å². The number of carbonyl (C=O) groups is 1. The maximum atomic E-state index is 11.7. The fraction of sp³-hybridized carbons (Fsp3) is 0.214. The normalized spacial score (nSPS) is 10.1. The number of aromatic nitrogens is 2. The van der Waals surface area contributed by atoms with Crippen LogP contribution in [0, 0.1) is 0 Å². The van der Waals surface area contributed by atoms with Crippen LogP contribution < -0.4 is 10.3 Å². The van der Waals surface area contributed by atoms with Gasteiger partial charge in [-0.1, -0.05) is 0 Å². The van der Waals surface area contributed by atoms with E-state index in [0.29, 0.717) is 11.4 Å². The number of esters is 1. The van der Waals surface area contributed by atoms with E-state index < -0.39 is 11.5 Å². The van der Waals surface area contributed by atoms with E-state index in [1.165, 1.54) is 6.07 Å². The van der Waals surface area contributed by atoms with Gasteiger partial charge in [-0.15, -0.1) is 0 Å². The summed E-state index contributed by atoms with van der Waals surface area (Å²) in [5.41, 5.74) is 0.608. The third kappa shape index (κ3) is 2.85. The molecule has 0 aliphatic heterocycles. The number of nitrogens with zero attached hydrogens (tertiary/aromatic N) is 1. The number of ether oxygens (including phenoxy) is 2. The van der Waals surface area contributed by atoms with E-state index in [2.05, 4.69) is 10.2 Å². The van der Waals surface area contributed by atoms with Crippen LogP contribution in [0.3, 0.4) is 0 Å². The highest BCUT2D eigenvalue weighted by Crippen LogP contribution is 2.20. The highest BCUT2D eigenvalue weighted by Gasteiger charge is 2.14. The van der Waals surface area contributed by atoms with E-state index in [1.807, 2.05) is 0 Å². The minimum Gasteiger partial charge on any atom is -0.497 e. The van der Waals surface area contributed by atoms with Crippen molar-refractivity contribution in [2.24, 2.45) is 0 Å². The van der Waals surface area contributed by atoms with Crippen molar-refractivity contribution in [1.29, 1.82) is 0 Å². The average molecular weight is 274 g/mol. The first kappa shape index (κ1) is 13.8. The van der Waals surface area contributed by atoms with Gasteiger partial charge >= 0.3 is 5.97 Å². The molecule has 6 heteroatoms. The number of nitrogens with one attached hydrogen (secondary N) is 1. The number of carbonyl (C=O) groups excluding carboxylic acids is 1. The Bertz CT molecular complexity index is 662. The van der Waals surface area contributed by atoms with E-state index in [4.69, 9.17) is 9.47 Å². The lowest BCUT2D eigenvalue weighted by Crippen LogP contribution is -2.21. The molecule has 2 rings (SSSR count). The Morgan fingerprint density at radius 2 is 2.00 bits per heavy atom. The zero-order valence-corrected chi connectivity index (χ0v) is 11.2. The second kappa shape index (κ2) is 6.01. The Labute approximate surface area is 115 Å². The predicted molar refractivity (Wildman–Crippen MR) is 72.8 cm³/mol. The summed E-state index contributed by atoms with van der Waals surface area (Å²) in [5.74, 6) is 0.0507. The topological polar surface area (TPSA) is 81.3 Å². The number of hydrogen-bond donors (Lipinski definition) is 1. The van der Waals surface area contributed by atoms with Gasteiger partial charge in [-0.25, -0.2) is 9.89 Å². The Hall–Kier alpha value is -2.63. The van der Waals surface area contributed by atoms with Gasteiger partial charge in [0.1, 0.15) is 11.3 Å². The van der Waals surface area contributed by atoms with Crippen molar-refractivity contribution in [3.63, 3.8) is 0 Å². The van der Waals surface area contributed by atoms with Crippen molar-refractivity contribution in [3.8, 4) is 17.0 Å². The van der Waals surface area contributed by atoms with Crippen LogP contribution in [0.2, 0.25) is 0 Å². The van der Waals surface area contributed by atoms with Crippen molar-refractivity contribution in [2.45, 2.75) is 6.92 Å². The molecule has 0 unspecified atom stereocenters. The van der Waals surface area contributed by atoms with Crippen molar-refractivity contribution < 1.29 is 14.3 Å². The monoisotopic (exact) mass is 274 g/mol. The third-order valence-corrected chi connectivity index (χ3v) is 2.68. The molecule has 0 fully saturated rings. The van der Waals surface area contributed by atoms with E-state index in [-0.39, 0.29) is 12.2 Å². The summed E-state index contributed by atoms with van der Waals surface area (Å²) in [7, 11) is 1.58. The van der Waals surface area contributed by atoms with Crippen LogP contribution in [0.1, 0.15) is 17.3 Å². The Morgan fingerprint density at radius 1 is 1.30 bits per heavy atom. The van der Waals surface area contributed by atoms with Crippen molar-refractivity contribution in [1.82, 2.24) is 10.2 Å². The summed E-state index contributed by atoms with van der Waals surface area (Å²) in [6.45, 7) is 1.89. The summed E-state index contributed by atoms with van der Waals surface area (Å²) >= 11 is 0. The van der Waals surface area contributed by atoms with E-state index in [9.17, 15) is 9.59 Å². The maximum Gasteiger partial charge on any atom is 0.343 e. The average Bonchev–Trinajstić information content (AvgIpc) is 2.48. The minimum absolute atomic E-state index is 0.0623. The molecule has 2 aromatic rings. The Kier molecular flexibility index (Phi) is 4.14. The molecule has 1 N–H and O–H groups in total. The lowest BCUT2D eigenvalue weighted by atomic mass is 10.1. The molecule has 0 radical (unpaired) electrons. The molecule has 1 heterocycles. The third-order valence-electron chi connectivity index (χ3n) is 2.68. The fourth-order valence-electron chi connectivity index (χ4n) is 1.68. The lowest BCUT2D eigenvalue weighted by molar-refractivity contribution is 0.0524. The molecule has 6 nitrogen and oxygen atoms in total. The van der Waals surface area contributed by atoms with E-state index in [1.54, 1.807) is 38.3 Å². The van der Waals surface area contributed by atoms with Gasteiger partial charge in [-0.2, -0.15) is 5.10 Å². The van der Waals surface area contributed by atoms with Crippen LogP contribution in [-0.2, 0) is 4.74 Å². The molecule has 0 aliphatic carbocycles. The molecule has 0 amide bonds. The van der Waals surface area contributed by atoms with Crippen LogP contribution in [0.4, 0.5) is 0 Å². The van der Waals surface area contributed by atoms with Gasteiger partial charge in [-0.05, 0) is 37.3 Å². The number of hydrogen-bond acceptors (Lipinski definition) is 5.